The Bertz CT molecular complexity index is 1050. The number of hydrogen-bond acceptors (Lipinski definition) is 7. The largest absolute Gasteiger partial charge is 0.573 e. The first kappa shape index (κ1) is 21.5. The highest BCUT2D eigenvalue weighted by Crippen LogP contribution is 2.31. The third-order valence-corrected chi connectivity index (χ3v) is 4.98. The van der Waals surface area contributed by atoms with E-state index in [0.717, 1.165) is 5.69 Å². The molecule has 32 heavy (non-hydrogen) atoms. The molecule has 4 rings (SSSR count). The van der Waals surface area contributed by atoms with Gasteiger partial charge in [-0.3, -0.25) is 0 Å². The van der Waals surface area contributed by atoms with E-state index >= 15 is 0 Å². The lowest BCUT2D eigenvalue weighted by molar-refractivity contribution is -0.274. The van der Waals surface area contributed by atoms with E-state index in [4.69, 9.17) is 5.73 Å². The third-order valence-electron chi connectivity index (χ3n) is 4.98. The van der Waals surface area contributed by atoms with E-state index in [1.165, 1.54) is 42.7 Å². The van der Waals surface area contributed by atoms with E-state index in [2.05, 4.69) is 24.9 Å². The molecule has 0 atom stereocenters. The second kappa shape index (κ2) is 8.77. The molecule has 0 bridgehead atoms. The van der Waals surface area contributed by atoms with Crippen molar-refractivity contribution in [2.75, 3.05) is 47.0 Å². The van der Waals surface area contributed by atoms with Crippen LogP contribution in [0.3, 0.4) is 0 Å². The number of alkyl halides is 3. The minimum absolute atomic E-state index is 0.274. The number of benzene rings is 2. The topological polar surface area (TPSA) is 79.5 Å². The average molecular weight is 448 g/mol. The smallest absolute Gasteiger partial charge is 0.406 e. The molecule has 11 heteroatoms. The molecule has 3 N–H and O–H groups in total. The van der Waals surface area contributed by atoms with Crippen molar-refractivity contribution in [2.45, 2.75) is 6.36 Å². The van der Waals surface area contributed by atoms with Crippen molar-refractivity contribution in [3.8, 4) is 5.75 Å². The van der Waals surface area contributed by atoms with Gasteiger partial charge in [0.15, 0.2) is 11.6 Å². The van der Waals surface area contributed by atoms with Crippen LogP contribution in [0.5, 0.6) is 5.75 Å². The number of piperazine rings is 1. The molecule has 0 amide bonds. The van der Waals surface area contributed by atoms with E-state index in [0.29, 0.717) is 49.2 Å². The van der Waals surface area contributed by atoms with E-state index in [9.17, 15) is 17.6 Å². The molecule has 1 fully saturated rings. The first-order chi connectivity index (χ1) is 15.3. The maximum absolute atomic E-state index is 13.1. The highest BCUT2D eigenvalue weighted by Gasteiger charge is 2.31. The lowest BCUT2D eigenvalue weighted by Gasteiger charge is -2.37. The number of halogens is 4. The summed E-state index contributed by atoms with van der Waals surface area (Å²) in [6, 6.07) is 11.6. The molecular formula is C21H20F4N6O. The van der Waals surface area contributed by atoms with Gasteiger partial charge in [0.1, 0.15) is 23.6 Å². The van der Waals surface area contributed by atoms with Gasteiger partial charge in [-0.25, -0.2) is 14.4 Å². The van der Waals surface area contributed by atoms with Gasteiger partial charge in [-0.2, -0.15) is 0 Å². The van der Waals surface area contributed by atoms with Crippen molar-refractivity contribution in [1.29, 1.82) is 0 Å². The maximum Gasteiger partial charge on any atom is 0.573 e. The molecule has 0 saturated carbocycles. The third kappa shape index (κ3) is 5.10. The van der Waals surface area contributed by atoms with Gasteiger partial charge in [-0.15, -0.1) is 13.2 Å². The van der Waals surface area contributed by atoms with Gasteiger partial charge in [0, 0.05) is 37.6 Å². The molecule has 2 heterocycles. The zero-order valence-electron chi connectivity index (χ0n) is 16.8. The first-order valence-corrected chi connectivity index (χ1v) is 9.77. The summed E-state index contributed by atoms with van der Waals surface area (Å²) < 4.78 is 53.9. The first-order valence-electron chi connectivity index (χ1n) is 9.77. The molecule has 1 aliphatic rings. The summed E-state index contributed by atoms with van der Waals surface area (Å²) in [6.45, 7) is 2.72. The predicted octanol–water partition coefficient (Wildman–Crippen LogP) is 4.17. The molecule has 1 aromatic heterocycles. The summed E-state index contributed by atoms with van der Waals surface area (Å²) in [7, 11) is 0. The number of rotatable bonds is 5. The fourth-order valence-corrected chi connectivity index (χ4v) is 3.44. The van der Waals surface area contributed by atoms with Gasteiger partial charge in [0.25, 0.3) is 0 Å². The lowest BCUT2D eigenvalue weighted by atomic mass is 10.2. The molecule has 0 unspecified atom stereocenters. The van der Waals surface area contributed by atoms with Crippen LogP contribution in [0.1, 0.15) is 0 Å². The fourth-order valence-electron chi connectivity index (χ4n) is 3.44. The number of hydrogen-bond donors (Lipinski definition) is 2. The molecule has 0 aliphatic carbocycles. The zero-order chi connectivity index (χ0) is 22.7. The van der Waals surface area contributed by atoms with E-state index in [1.54, 1.807) is 12.1 Å². The number of nitrogens with zero attached hydrogens (tertiary/aromatic N) is 4. The normalized spacial score (nSPS) is 14.4. The van der Waals surface area contributed by atoms with E-state index in [1.807, 2.05) is 4.90 Å². The van der Waals surface area contributed by atoms with Gasteiger partial charge in [-0.1, -0.05) is 0 Å². The number of nitrogens with two attached hydrogens (primary N) is 1. The lowest BCUT2D eigenvalue weighted by Crippen LogP contribution is -2.47. The Hall–Kier alpha value is -3.76. The Balaban J connectivity index is 1.42. The van der Waals surface area contributed by atoms with Crippen LogP contribution in [0.25, 0.3) is 0 Å². The molecule has 7 nitrogen and oxygen atoms in total. The summed E-state index contributed by atoms with van der Waals surface area (Å²) in [5, 5.41) is 3.00. The predicted molar refractivity (Wildman–Crippen MR) is 114 cm³/mol. The monoisotopic (exact) mass is 448 g/mol. The van der Waals surface area contributed by atoms with Gasteiger partial charge in [0.05, 0.1) is 0 Å². The van der Waals surface area contributed by atoms with Crippen molar-refractivity contribution in [1.82, 2.24) is 9.97 Å². The quantitative estimate of drug-likeness (QED) is 0.568. The summed E-state index contributed by atoms with van der Waals surface area (Å²) in [5.74, 6) is 0.320. The van der Waals surface area contributed by atoms with Crippen LogP contribution in [-0.4, -0.2) is 42.5 Å². The minimum Gasteiger partial charge on any atom is -0.406 e. The Kier molecular flexibility index (Phi) is 5.89. The average Bonchev–Trinajstić information content (AvgIpc) is 2.76. The van der Waals surface area contributed by atoms with E-state index < -0.39 is 6.36 Å². The van der Waals surface area contributed by atoms with Crippen molar-refractivity contribution < 1.29 is 22.3 Å². The standard InChI is InChI=1S/C21H20F4N6O/c22-14-1-5-16(6-2-14)30-9-11-31(12-10-30)20-18(26)19(27-13-28-20)29-15-3-7-17(8-4-15)32-21(23,24)25/h1-8,13H,9-12,26H2,(H,27,28,29). The van der Waals surface area contributed by atoms with E-state index in [-0.39, 0.29) is 11.6 Å². The molecular weight excluding hydrogens is 428 g/mol. The highest BCUT2D eigenvalue weighted by molar-refractivity contribution is 5.78. The van der Waals surface area contributed by atoms with Gasteiger partial charge in [0.2, 0.25) is 0 Å². The molecule has 1 aliphatic heterocycles. The van der Waals surface area contributed by atoms with Crippen molar-refractivity contribution in [3.63, 3.8) is 0 Å². The van der Waals surface area contributed by atoms with Crippen LogP contribution in [0, 0.1) is 5.82 Å². The fraction of sp³-hybridized carbons (Fsp3) is 0.238. The van der Waals surface area contributed by atoms with Crippen LogP contribution in [-0.2, 0) is 0 Å². The molecule has 168 valence electrons. The highest BCUT2D eigenvalue weighted by atomic mass is 19.4. The van der Waals surface area contributed by atoms with Gasteiger partial charge >= 0.3 is 6.36 Å². The summed E-state index contributed by atoms with van der Waals surface area (Å²) in [6.07, 6.45) is -3.37. The van der Waals surface area contributed by atoms with Crippen LogP contribution in [0.4, 0.5) is 46.3 Å². The number of ether oxygens (including phenoxy) is 1. The molecule has 0 radical (unpaired) electrons. The number of nitrogen functional groups attached to an aromatic ring is 1. The summed E-state index contributed by atoms with van der Waals surface area (Å²) >= 11 is 0. The van der Waals surface area contributed by atoms with Crippen LogP contribution in [0.2, 0.25) is 0 Å². The summed E-state index contributed by atoms with van der Waals surface area (Å²) in [4.78, 5) is 12.6. The Morgan fingerprint density at radius 2 is 1.50 bits per heavy atom. The Labute approximate surface area is 181 Å². The van der Waals surface area contributed by atoms with Gasteiger partial charge in [-0.05, 0) is 48.5 Å². The second-order valence-corrected chi connectivity index (χ2v) is 7.11. The van der Waals surface area contributed by atoms with Gasteiger partial charge < -0.3 is 25.6 Å². The van der Waals surface area contributed by atoms with Crippen LogP contribution < -0.4 is 25.6 Å². The zero-order valence-corrected chi connectivity index (χ0v) is 16.8. The molecule has 0 spiro atoms. The second-order valence-electron chi connectivity index (χ2n) is 7.11. The van der Waals surface area contributed by atoms with Crippen molar-refractivity contribution in [2.24, 2.45) is 0 Å². The van der Waals surface area contributed by atoms with Crippen molar-refractivity contribution in [3.05, 3.63) is 60.7 Å². The summed E-state index contributed by atoms with van der Waals surface area (Å²) in [5.41, 5.74) is 8.06. The Morgan fingerprint density at radius 3 is 2.12 bits per heavy atom. The SMILES string of the molecule is Nc1c(Nc2ccc(OC(F)(F)F)cc2)ncnc1N1CCN(c2ccc(F)cc2)CC1. The maximum atomic E-state index is 13.1. The Morgan fingerprint density at radius 1 is 0.875 bits per heavy atom. The minimum atomic E-state index is -4.75. The number of aromatic nitrogens is 2. The molecule has 2 aromatic carbocycles. The van der Waals surface area contributed by atoms with Crippen LogP contribution in [0.15, 0.2) is 54.9 Å². The number of nitrogens with one attached hydrogen (secondary N) is 1. The molecule has 1 saturated heterocycles. The van der Waals surface area contributed by atoms with Crippen molar-refractivity contribution >= 4 is 28.7 Å². The molecule has 3 aromatic rings. The van der Waals surface area contributed by atoms with Crippen LogP contribution >= 0.6 is 0 Å². The number of anilines is 5.